The predicted molar refractivity (Wildman–Crippen MR) is 168 cm³/mol. The van der Waals surface area contributed by atoms with Crippen molar-refractivity contribution in [1.29, 1.82) is 0 Å². The Kier molecular flexibility index (Phi) is 12.3. The van der Waals surface area contributed by atoms with Crippen LogP contribution in [0.25, 0.3) is 0 Å². The second kappa shape index (κ2) is 15.4. The first-order chi connectivity index (χ1) is 19.4. The SMILES string of the molecule is C[Si](C)(C)CCOCn1ccnc1CC(CNC(=O)c1ccc(C=O)cc1)Cc1nccn1COCC[Si](C)(C)C. The lowest BCUT2D eigenvalue weighted by Gasteiger charge is -2.20. The predicted octanol–water partition coefficient (Wildman–Crippen LogP) is 5.35. The lowest BCUT2D eigenvalue weighted by molar-refractivity contribution is 0.0832. The Labute approximate surface area is 246 Å². The average Bonchev–Trinajstić information content (AvgIpc) is 3.55. The van der Waals surface area contributed by atoms with Crippen LogP contribution in [0.5, 0.6) is 0 Å². The number of aldehydes is 1. The molecule has 0 fully saturated rings. The van der Waals surface area contributed by atoms with E-state index in [2.05, 4.69) is 54.6 Å². The van der Waals surface area contributed by atoms with Gasteiger partial charge in [0.15, 0.2) is 0 Å². The number of hydrogen-bond acceptors (Lipinski definition) is 6. The van der Waals surface area contributed by atoms with Gasteiger partial charge in [-0.1, -0.05) is 51.4 Å². The van der Waals surface area contributed by atoms with Gasteiger partial charge in [0.05, 0.1) is 0 Å². The number of carbonyl (C=O) groups is 2. The second-order valence-electron chi connectivity index (χ2n) is 13.0. The molecule has 0 atom stereocenters. The Morgan fingerprint density at radius 3 is 1.78 bits per heavy atom. The number of nitrogens with zero attached hydrogens (tertiary/aromatic N) is 4. The summed E-state index contributed by atoms with van der Waals surface area (Å²) in [6, 6.07) is 8.87. The number of amides is 1. The fourth-order valence-corrected chi connectivity index (χ4v) is 5.68. The molecule has 9 nitrogen and oxygen atoms in total. The maximum Gasteiger partial charge on any atom is 0.251 e. The van der Waals surface area contributed by atoms with Crippen LogP contribution in [0.3, 0.4) is 0 Å². The summed E-state index contributed by atoms with van der Waals surface area (Å²) in [5.41, 5.74) is 1.06. The van der Waals surface area contributed by atoms with Gasteiger partial charge in [-0.3, -0.25) is 9.59 Å². The van der Waals surface area contributed by atoms with Crippen molar-refractivity contribution in [1.82, 2.24) is 24.4 Å². The highest BCUT2D eigenvalue weighted by atomic mass is 28.3. The van der Waals surface area contributed by atoms with E-state index in [-0.39, 0.29) is 11.8 Å². The van der Waals surface area contributed by atoms with Gasteiger partial charge in [-0.25, -0.2) is 9.97 Å². The zero-order valence-electron chi connectivity index (χ0n) is 25.6. The van der Waals surface area contributed by atoms with Gasteiger partial charge in [-0.15, -0.1) is 0 Å². The smallest absolute Gasteiger partial charge is 0.251 e. The normalized spacial score (nSPS) is 12.2. The minimum atomic E-state index is -1.16. The molecular weight excluding hydrogens is 551 g/mol. The largest absolute Gasteiger partial charge is 0.361 e. The summed E-state index contributed by atoms with van der Waals surface area (Å²) >= 11 is 0. The summed E-state index contributed by atoms with van der Waals surface area (Å²) in [5, 5.41) is 3.08. The van der Waals surface area contributed by atoms with Gasteiger partial charge in [-0.2, -0.15) is 0 Å². The minimum absolute atomic E-state index is 0.0412. The Balaban J connectivity index is 1.68. The van der Waals surface area contributed by atoms with E-state index in [1.165, 1.54) is 0 Å². The Morgan fingerprint density at radius 1 is 0.854 bits per heavy atom. The number of imidazole rings is 2. The van der Waals surface area contributed by atoms with Crippen molar-refractivity contribution < 1.29 is 19.1 Å². The molecule has 11 heteroatoms. The summed E-state index contributed by atoms with van der Waals surface area (Å²) in [7, 11) is -2.33. The Hall–Kier alpha value is -2.87. The highest BCUT2D eigenvalue weighted by Crippen LogP contribution is 2.16. The van der Waals surface area contributed by atoms with Crippen LogP contribution in [0.15, 0.2) is 49.1 Å². The molecule has 1 aromatic carbocycles. The molecule has 224 valence electrons. The zero-order chi connectivity index (χ0) is 29.9. The van der Waals surface area contributed by atoms with Gasteiger partial charge in [0.1, 0.15) is 31.4 Å². The van der Waals surface area contributed by atoms with Crippen molar-refractivity contribution in [2.75, 3.05) is 19.8 Å². The highest BCUT2D eigenvalue weighted by molar-refractivity contribution is 6.76. The van der Waals surface area contributed by atoms with E-state index in [1.54, 1.807) is 36.7 Å². The molecule has 0 bridgehead atoms. The molecule has 2 aromatic heterocycles. The third-order valence-electron chi connectivity index (χ3n) is 6.86. The number of rotatable bonds is 18. The van der Waals surface area contributed by atoms with E-state index in [9.17, 15) is 9.59 Å². The van der Waals surface area contributed by atoms with E-state index in [1.807, 2.05) is 21.5 Å². The minimum Gasteiger partial charge on any atom is -0.361 e. The van der Waals surface area contributed by atoms with Crippen molar-refractivity contribution in [2.24, 2.45) is 5.92 Å². The van der Waals surface area contributed by atoms with Crippen molar-refractivity contribution in [2.45, 2.75) is 77.7 Å². The van der Waals surface area contributed by atoms with Gasteiger partial charge in [0.2, 0.25) is 0 Å². The maximum atomic E-state index is 12.9. The van der Waals surface area contributed by atoms with Crippen LogP contribution >= 0.6 is 0 Å². The monoisotopic (exact) mass is 597 g/mol. The first kappa shape index (κ1) is 32.6. The molecule has 0 saturated heterocycles. The molecule has 2 heterocycles. The van der Waals surface area contributed by atoms with Crippen molar-refractivity contribution >= 4 is 28.3 Å². The van der Waals surface area contributed by atoms with E-state index in [4.69, 9.17) is 9.47 Å². The molecule has 0 aliphatic carbocycles. The maximum absolute atomic E-state index is 12.9. The number of ether oxygens (including phenoxy) is 2. The summed E-state index contributed by atoms with van der Waals surface area (Å²) < 4.78 is 16.1. The summed E-state index contributed by atoms with van der Waals surface area (Å²) in [6.45, 7) is 16.9. The topological polar surface area (TPSA) is 100 Å². The van der Waals surface area contributed by atoms with Gasteiger partial charge < -0.3 is 23.9 Å². The second-order valence-corrected chi connectivity index (χ2v) is 24.3. The van der Waals surface area contributed by atoms with Crippen LogP contribution in [0, 0.1) is 5.92 Å². The van der Waals surface area contributed by atoms with Gasteiger partial charge >= 0.3 is 0 Å². The van der Waals surface area contributed by atoms with Crippen molar-refractivity contribution in [3.05, 3.63) is 71.8 Å². The van der Waals surface area contributed by atoms with Crippen molar-refractivity contribution in [3.63, 3.8) is 0 Å². The lowest BCUT2D eigenvalue weighted by atomic mass is 10.00. The van der Waals surface area contributed by atoms with Gasteiger partial charge in [0.25, 0.3) is 5.91 Å². The van der Waals surface area contributed by atoms with Gasteiger partial charge in [0, 0.05) is 84.7 Å². The van der Waals surface area contributed by atoms with Crippen molar-refractivity contribution in [3.8, 4) is 0 Å². The molecule has 3 aromatic rings. The molecule has 1 amide bonds. The van der Waals surface area contributed by atoms with Crippen LogP contribution in [0.1, 0.15) is 32.4 Å². The third kappa shape index (κ3) is 11.9. The van der Waals surface area contributed by atoms with E-state index >= 15 is 0 Å². The number of aromatic nitrogens is 4. The fourth-order valence-electron chi connectivity index (χ4n) is 4.16. The molecular formula is C30H47N5O4Si2. The highest BCUT2D eigenvalue weighted by Gasteiger charge is 2.20. The summed E-state index contributed by atoms with van der Waals surface area (Å²) in [6.07, 6.45) is 9.56. The number of hydrogen-bond donors (Lipinski definition) is 1. The van der Waals surface area contributed by atoms with Crippen LogP contribution in [0.4, 0.5) is 0 Å². The Morgan fingerprint density at radius 2 is 1.34 bits per heavy atom. The molecule has 41 heavy (non-hydrogen) atoms. The van der Waals surface area contributed by atoms with E-state index < -0.39 is 16.1 Å². The van der Waals surface area contributed by atoms with E-state index in [0.717, 1.165) is 43.2 Å². The molecule has 0 spiro atoms. The fraction of sp³-hybridized carbons (Fsp3) is 0.533. The summed E-state index contributed by atoms with van der Waals surface area (Å²) in [5.74, 6) is 1.69. The van der Waals surface area contributed by atoms with Crippen LogP contribution in [-0.4, -0.2) is 67.2 Å². The van der Waals surface area contributed by atoms with Crippen LogP contribution < -0.4 is 5.32 Å². The Bertz CT molecular complexity index is 1170. The standard InChI is InChI=1S/C30H47N5O4Si2/c1-40(2,3)17-15-38-23-34-13-11-31-28(34)19-26(21-33-30(37)27-9-7-25(22-36)8-10-27)20-29-32-12-14-35(29)24-39-16-18-41(4,5)6/h7-14,22,26H,15-21,23-24H2,1-6H3,(H,33,37). The molecule has 0 aliphatic rings. The molecule has 0 radical (unpaired) electrons. The lowest BCUT2D eigenvalue weighted by Crippen LogP contribution is -2.32. The molecule has 3 rings (SSSR count). The van der Waals surface area contributed by atoms with E-state index in [0.29, 0.717) is 44.0 Å². The molecule has 0 saturated carbocycles. The first-order valence-corrected chi connectivity index (χ1v) is 21.8. The van der Waals surface area contributed by atoms with Gasteiger partial charge in [-0.05, 0) is 30.1 Å². The number of carbonyl (C=O) groups excluding carboxylic acids is 2. The molecule has 0 aliphatic heterocycles. The summed E-state index contributed by atoms with van der Waals surface area (Å²) in [4.78, 5) is 33.1. The number of nitrogens with one attached hydrogen (secondary N) is 1. The third-order valence-corrected chi connectivity index (χ3v) is 10.3. The molecule has 1 N–H and O–H groups in total. The quantitative estimate of drug-likeness (QED) is 0.121. The van der Waals surface area contributed by atoms with Crippen LogP contribution in [0.2, 0.25) is 51.4 Å². The first-order valence-electron chi connectivity index (χ1n) is 14.4. The average molecular weight is 598 g/mol. The number of benzene rings is 1. The zero-order valence-corrected chi connectivity index (χ0v) is 27.6. The molecule has 0 unspecified atom stereocenters. The van der Waals surface area contributed by atoms with Crippen LogP contribution in [-0.2, 0) is 35.8 Å².